The smallest absolute Gasteiger partial charge is 0.224 e. The van der Waals surface area contributed by atoms with Crippen LogP contribution < -0.4 is 5.32 Å². The van der Waals surface area contributed by atoms with E-state index < -0.39 is 0 Å². The van der Waals surface area contributed by atoms with Crippen molar-refractivity contribution in [3.8, 4) is 0 Å². The zero-order valence-corrected chi connectivity index (χ0v) is 14.6. The largest absolute Gasteiger partial charge is 0.354 e. The first-order valence-electron chi connectivity index (χ1n) is 8.69. The Bertz CT molecular complexity index is 673. The second kappa shape index (κ2) is 8.57. The third kappa shape index (κ3) is 5.25. The van der Waals surface area contributed by atoms with Gasteiger partial charge in [0.15, 0.2) is 0 Å². The molecule has 1 saturated heterocycles. The first-order chi connectivity index (χ1) is 12.2. The predicted octanol–water partition coefficient (Wildman–Crippen LogP) is 0.747. The highest BCUT2D eigenvalue weighted by Crippen LogP contribution is 2.09. The number of hydrogen-bond acceptors (Lipinski definition) is 6. The Morgan fingerprint density at radius 3 is 2.80 bits per heavy atom. The molecule has 0 unspecified atom stereocenters. The molecule has 0 radical (unpaired) electrons. The summed E-state index contributed by atoms with van der Waals surface area (Å²) < 4.78 is 1.83. The number of hydrogen-bond donors (Lipinski definition) is 1. The molecule has 1 N–H and O–H groups in total. The maximum absolute atomic E-state index is 12.4. The van der Waals surface area contributed by atoms with Crippen molar-refractivity contribution in [2.75, 3.05) is 38.0 Å². The normalized spacial score (nSPS) is 15.8. The van der Waals surface area contributed by atoms with E-state index in [0.29, 0.717) is 18.9 Å². The zero-order valence-electron chi connectivity index (χ0n) is 14.6. The van der Waals surface area contributed by atoms with E-state index in [-0.39, 0.29) is 5.91 Å². The maximum Gasteiger partial charge on any atom is 0.224 e. The van der Waals surface area contributed by atoms with E-state index in [1.54, 1.807) is 18.5 Å². The van der Waals surface area contributed by atoms with Gasteiger partial charge < -0.3 is 10.2 Å². The summed E-state index contributed by atoms with van der Waals surface area (Å²) in [5.74, 6) is 0.750. The number of amides is 1. The number of nitrogens with zero attached hydrogens (tertiary/aromatic N) is 6. The van der Waals surface area contributed by atoms with Crippen LogP contribution >= 0.6 is 0 Å². The molecule has 0 spiro atoms. The lowest BCUT2D eigenvalue weighted by Gasteiger charge is -2.21. The molecule has 1 amide bonds. The van der Waals surface area contributed by atoms with Crippen LogP contribution in [0.2, 0.25) is 0 Å². The highest BCUT2D eigenvalue weighted by molar-refractivity contribution is 5.76. The lowest BCUT2D eigenvalue weighted by molar-refractivity contribution is -0.130. The van der Waals surface area contributed by atoms with Gasteiger partial charge in [-0.1, -0.05) is 0 Å². The van der Waals surface area contributed by atoms with Crippen LogP contribution in [0.1, 0.15) is 18.4 Å². The van der Waals surface area contributed by atoms with Gasteiger partial charge in [-0.15, -0.1) is 0 Å². The molecule has 1 fully saturated rings. The fourth-order valence-electron chi connectivity index (χ4n) is 3.02. The number of rotatable bonds is 6. The van der Waals surface area contributed by atoms with Gasteiger partial charge in [0, 0.05) is 76.9 Å². The maximum atomic E-state index is 12.4. The average molecular weight is 343 g/mol. The van der Waals surface area contributed by atoms with Crippen LogP contribution in [-0.2, 0) is 18.4 Å². The van der Waals surface area contributed by atoms with E-state index in [4.69, 9.17) is 0 Å². The van der Waals surface area contributed by atoms with Crippen LogP contribution in [0.15, 0.2) is 30.9 Å². The summed E-state index contributed by atoms with van der Waals surface area (Å²) in [6.07, 6.45) is 8.78. The first-order valence-corrected chi connectivity index (χ1v) is 8.69. The molecule has 0 aliphatic carbocycles. The summed E-state index contributed by atoms with van der Waals surface area (Å²) in [4.78, 5) is 25.0. The van der Waals surface area contributed by atoms with E-state index in [1.807, 2.05) is 29.0 Å². The van der Waals surface area contributed by atoms with Crippen LogP contribution in [0, 0.1) is 0 Å². The average Bonchev–Trinajstić information content (AvgIpc) is 2.89. The molecule has 8 heteroatoms. The van der Waals surface area contributed by atoms with Gasteiger partial charge in [-0.05, 0) is 12.5 Å². The van der Waals surface area contributed by atoms with Crippen LogP contribution in [0.4, 0.5) is 5.95 Å². The number of anilines is 1. The Morgan fingerprint density at radius 2 is 2.04 bits per heavy atom. The Labute approximate surface area is 147 Å². The van der Waals surface area contributed by atoms with Crippen LogP contribution in [0.3, 0.4) is 0 Å². The van der Waals surface area contributed by atoms with E-state index in [1.165, 1.54) is 5.56 Å². The summed E-state index contributed by atoms with van der Waals surface area (Å²) in [5, 5.41) is 7.30. The van der Waals surface area contributed by atoms with Crippen molar-refractivity contribution >= 4 is 11.9 Å². The van der Waals surface area contributed by atoms with Gasteiger partial charge in [0.25, 0.3) is 0 Å². The minimum Gasteiger partial charge on any atom is -0.354 e. The van der Waals surface area contributed by atoms with Gasteiger partial charge in [-0.2, -0.15) is 5.10 Å². The summed E-state index contributed by atoms with van der Waals surface area (Å²) in [7, 11) is 1.93. The molecule has 8 nitrogen and oxygen atoms in total. The topological polar surface area (TPSA) is 79.2 Å². The third-order valence-electron chi connectivity index (χ3n) is 4.29. The summed E-state index contributed by atoms with van der Waals surface area (Å²) >= 11 is 0. The van der Waals surface area contributed by atoms with E-state index in [9.17, 15) is 4.79 Å². The van der Waals surface area contributed by atoms with E-state index in [2.05, 4.69) is 25.3 Å². The van der Waals surface area contributed by atoms with Crippen molar-refractivity contribution in [3.63, 3.8) is 0 Å². The number of carbonyl (C=O) groups is 1. The summed E-state index contributed by atoms with van der Waals surface area (Å²) in [5.41, 5.74) is 1.22. The van der Waals surface area contributed by atoms with Crippen molar-refractivity contribution < 1.29 is 4.79 Å². The van der Waals surface area contributed by atoms with Crippen molar-refractivity contribution in [1.29, 1.82) is 0 Å². The zero-order chi connectivity index (χ0) is 17.5. The molecule has 0 atom stereocenters. The molecular weight excluding hydrogens is 318 g/mol. The van der Waals surface area contributed by atoms with Gasteiger partial charge in [0.2, 0.25) is 11.9 Å². The molecular formula is C17H25N7O. The minimum atomic E-state index is 0.187. The van der Waals surface area contributed by atoms with E-state index in [0.717, 1.165) is 39.1 Å². The van der Waals surface area contributed by atoms with Gasteiger partial charge in [-0.3, -0.25) is 14.4 Å². The molecule has 2 aromatic rings. The number of aryl methyl sites for hydroxylation is 1. The van der Waals surface area contributed by atoms with Crippen molar-refractivity contribution in [3.05, 3.63) is 36.4 Å². The Morgan fingerprint density at radius 1 is 1.20 bits per heavy atom. The Hall–Kier alpha value is -2.48. The molecule has 25 heavy (non-hydrogen) atoms. The van der Waals surface area contributed by atoms with Gasteiger partial charge in [0.1, 0.15) is 0 Å². The molecule has 1 aliphatic heterocycles. The quantitative estimate of drug-likeness (QED) is 0.834. The minimum absolute atomic E-state index is 0.187. The van der Waals surface area contributed by atoms with Crippen LogP contribution in [0.25, 0.3) is 0 Å². The first kappa shape index (κ1) is 17.3. The van der Waals surface area contributed by atoms with Gasteiger partial charge in [0.05, 0.1) is 6.20 Å². The molecule has 0 saturated carbocycles. The van der Waals surface area contributed by atoms with Crippen LogP contribution in [-0.4, -0.2) is 68.2 Å². The van der Waals surface area contributed by atoms with Crippen molar-refractivity contribution in [1.82, 2.24) is 29.5 Å². The SMILES string of the molecule is Cn1cc(CN2CCCN(C(=O)CCNc3ncccn3)CC2)cn1. The van der Waals surface area contributed by atoms with E-state index >= 15 is 0 Å². The monoisotopic (exact) mass is 343 g/mol. The fourth-order valence-corrected chi connectivity index (χ4v) is 3.02. The second-order valence-corrected chi connectivity index (χ2v) is 6.28. The summed E-state index contributed by atoms with van der Waals surface area (Å²) in [6.45, 7) is 4.96. The molecule has 0 aromatic carbocycles. The number of aromatic nitrogens is 4. The molecule has 0 bridgehead atoms. The lowest BCUT2D eigenvalue weighted by atomic mass is 10.3. The Kier molecular flexibility index (Phi) is 5.95. The molecule has 2 aromatic heterocycles. The number of carbonyl (C=O) groups excluding carboxylic acids is 1. The second-order valence-electron chi connectivity index (χ2n) is 6.28. The highest BCUT2D eigenvalue weighted by Gasteiger charge is 2.19. The predicted molar refractivity (Wildman–Crippen MR) is 94.8 cm³/mol. The van der Waals surface area contributed by atoms with Gasteiger partial charge >= 0.3 is 0 Å². The highest BCUT2D eigenvalue weighted by atomic mass is 16.2. The summed E-state index contributed by atoms with van der Waals surface area (Å²) in [6, 6.07) is 1.77. The molecule has 3 heterocycles. The third-order valence-corrected chi connectivity index (χ3v) is 4.29. The molecule has 1 aliphatic rings. The standard InChI is InChI=1S/C17H25N7O/c1-22-13-15(12-21-22)14-23-8-3-9-24(11-10-23)16(25)4-7-20-17-18-5-2-6-19-17/h2,5-6,12-13H,3-4,7-11,14H2,1H3,(H,18,19,20). The Balaban J connectivity index is 1.41. The van der Waals surface area contributed by atoms with Crippen molar-refractivity contribution in [2.45, 2.75) is 19.4 Å². The molecule has 3 rings (SSSR count). The van der Waals surface area contributed by atoms with Gasteiger partial charge in [-0.25, -0.2) is 9.97 Å². The molecule has 134 valence electrons. The number of nitrogens with one attached hydrogen (secondary N) is 1. The van der Waals surface area contributed by atoms with Crippen LogP contribution in [0.5, 0.6) is 0 Å². The lowest BCUT2D eigenvalue weighted by Crippen LogP contribution is -2.35. The fraction of sp³-hybridized carbons (Fsp3) is 0.529. The van der Waals surface area contributed by atoms with Crippen molar-refractivity contribution in [2.24, 2.45) is 7.05 Å².